The van der Waals surface area contributed by atoms with Gasteiger partial charge in [-0.05, 0) is 54.9 Å². The molecule has 5 heteroatoms. The molecule has 1 aromatic carbocycles. The maximum absolute atomic E-state index is 10.8. The summed E-state index contributed by atoms with van der Waals surface area (Å²) in [6.07, 6.45) is 8.93. The van der Waals surface area contributed by atoms with Gasteiger partial charge in [0, 0.05) is 17.8 Å². The summed E-state index contributed by atoms with van der Waals surface area (Å²) >= 11 is 0. The largest absolute Gasteiger partial charge is 0.481 e. The standard InChI is InChI=1S/C27H43NO4/c1-4-5-11-24(30)27(2,3)21-15-13-19(14-16-21)26-22(20(18-28)17-23(26)29)10-8-6-7-9-12-25(31)32/h13-16,18,20,22-24,26,28-30H,4-12,17H2,1-3H3,(H,31,32)/t20-,22?,23+,24?,26?/m0/s1. The second-order valence-corrected chi connectivity index (χ2v) is 10.2. The van der Waals surface area contributed by atoms with Crippen LogP contribution in [0.15, 0.2) is 24.3 Å². The first-order valence-corrected chi connectivity index (χ1v) is 12.4. The third kappa shape index (κ3) is 6.89. The number of aliphatic hydroxyl groups excluding tert-OH is 2. The summed E-state index contributed by atoms with van der Waals surface area (Å²) < 4.78 is 0. The number of unbranched alkanes of at least 4 members (excludes halogenated alkanes) is 4. The Morgan fingerprint density at radius 1 is 1.16 bits per heavy atom. The number of carboxylic acids is 1. The average molecular weight is 446 g/mol. The molecule has 0 bridgehead atoms. The highest BCUT2D eigenvalue weighted by Gasteiger charge is 2.42. The lowest BCUT2D eigenvalue weighted by atomic mass is 9.76. The smallest absolute Gasteiger partial charge is 0.303 e. The number of carboxylic acid groups (broad SMARTS) is 1. The molecule has 1 aromatic rings. The van der Waals surface area contributed by atoms with Crippen LogP contribution in [0.3, 0.4) is 0 Å². The van der Waals surface area contributed by atoms with Gasteiger partial charge in [0.05, 0.1) is 12.2 Å². The van der Waals surface area contributed by atoms with Crippen molar-refractivity contribution in [3.8, 4) is 0 Å². The van der Waals surface area contributed by atoms with Crippen molar-refractivity contribution < 1.29 is 20.1 Å². The van der Waals surface area contributed by atoms with E-state index in [1.807, 2.05) is 0 Å². The molecular formula is C27H43NO4. The van der Waals surface area contributed by atoms with E-state index >= 15 is 0 Å². The third-order valence-electron chi connectivity index (χ3n) is 7.54. The van der Waals surface area contributed by atoms with Gasteiger partial charge in [0.2, 0.25) is 0 Å². The maximum Gasteiger partial charge on any atom is 0.303 e. The molecule has 0 heterocycles. The fraction of sp³-hybridized carbons (Fsp3) is 0.704. The monoisotopic (exact) mass is 445 g/mol. The highest BCUT2D eigenvalue weighted by Crippen LogP contribution is 2.46. The minimum absolute atomic E-state index is 0.0165. The van der Waals surface area contributed by atoms with Crippen molar-refractivity contribution in [2.75, 3.05) is 0 Å². The first-order valence-electron chi connectivity index (χ1n) is 12.4. The molecule has 1 aliphatic carbocycles. The molecule has 2 rings (SSSR count). The van der Waals surface area contributed by atoms with Gasteiger partial charge in [-0.2, -0.15) is 0 Å². The zero-order chi connectivity index (χ0) is 23.7. The van der Waals surface area contributed by atoms with Gasteiger partial charge in [0.15, 0.2) is 0 Å². The molecule has 0 spiro atoms. The first kappa shape index (κ1) is 26.5. The first-order chi connectivity index (χ1) is 15.2. The fourth-order valence-electron chi connectivity index (χ4n) is 5.30. The minimum atomic E-state index is -0.739. The van der Waals surface area contributed by atoms with Gasteiger partial charge in [-0.15, -0.1) is 0 Å². The second kappa shape index (κ2) is 12.5. The number of hydrogen-bond donors (Lipinski definition) is 4. The Morgan fingerprint density at radius 2 is 1.81 bits per heavy atom. The Labute approximate surface area is 193 Å². The van der Waals surface area contributed by atoms with Crippen molar-refractivity contribution in [1.29, 1.82) is 5.41 Å². The van der Waals surface area contributed by atoms with Crippen LogP contribution in [0.25, 0.3) is 0 Å². The Hall–Kier alpha value is -1.72. The summed E-state index contributed by atoms with van der Waals surface area (Å²) in [4.78, 5) is 10.7. The molecule has 5 nitrogen and oxygen atoms in total. The van der Waals surface area contributed by atoms with Gasteiger partial charge in [-0.25, -0.2) is 0 Å². The summed E-state index contributed by atoms with van der Waals surface area (Å²) in [7, 11) is 0. The van der Waals surface area contributed by atoms with Crippen molar-refractivity contribution in [3.63, 3.8) is 0 Å². The summed E-state index contributed by atoms with van der Waals surface area (Å²) in [5.41, 5.74) is 1.89. The van der Waals surface area contributed by atoms with Crippen LogP contribution in [0, 0.1) is 17.2 Å². The highest BCUT2D eigenvalue weighted by atomic mass is 16.4. The molecule has 0 radical (unpaired) electrons. The molecule has 32 heavy (non-hydrogen) atoms. The lowest BCUT2D eigenvalue weighted by molar-refractivity contribution is -0.137. The minimum Gasteiger partial charge on any atom is -0.481 e. The van der Waals surface area contributed by atoms with Crippen LogP contribution in [0.5, 0.6) is 0 Å². The van der Waals surface area contributed by atoms with E-state index in [2.05, 4.69) is 45.0 Å². The van der Waals surface area contributed by atoms with E-state index in [9.17, 15) is 15.0 Å². The third-order valence-corrected chi connectivity index (χ3v) is 7.54. The van der Waals surface area contributed by atoms with Gasteiger partial charge >= 0.3 is 5.97 Å². The molecule has 0 saturated heterocycles. The Morgan fingerprint density at radius 3 is 2.41 bits per heavy atom. The van der Waals surface area contributed by atoms with E-state index in [0.717, 1.165) is 56.1 Å². The molecule has 0 aliphatic heterocycles. The van der Waals surface area contributed by atoms with Crippen LogP contribution >= 0.6 is 0 Å². The van der Waals surface area contributed by atoms with Crippen LogP contribution in [0.2, 0.25) is 0 Å². The van der Waals surface area contributed by atoms with E-state index < -0.39 is 12.1 Å². The molecule has 0 aromatic heterocycles. The Balaban J connectivity index is 2.06. The zero-order valence-electron chi connectivity index (χ0n) is 20.1. The van der Waals surface area contributed by atoms with Gasteiger partial charge in [0.1, 0.15) is 0 Å². The van der Waals surface area contributed by atoms with Gasteiger partial charge in [-0.1, -0.05) is 77.1 Å². The number of nitrogens with one attached hydrogen (secondary N) is 1. The van der Waals surface area contributed by atoms with E-state index in [0.29, 0.717) is 12.8 Å². The molecule has 4 N–H and O–H groups in total. The van der Waals surface area contributed by atoms with Crippen molar-refractivity contribution in [2.24, 2.45) is 11.8 Å². The van der Waals surface area contributed by atoms with Crippen LogP contribution < -0.4 is 0 Å². The molecule has 1 saturated carbocycles. The molecule has 180 valence electrons. The summed E-state index contributed by atoms with van der Waals surface area (Å²) in [6, 6.07) is 8.39. The van der Waals surface area contributed by atoms with Crippen molar-refractivity contribution >= 4 is 12.2 Å². The lowest BCUT2D eigenvalue weighted by Crippen LogP contribution is -2.33. The van der Waals surface area contributed by atoms with E-state index in [1.54, 1.807) is 0 Å². The van der Waals surface area contributed by atoms with E-state index in [4.69, 9.17) is 10.5 Å². The lowest BCUT2D eigenvalue weighted by Gasteiger charge is -2.32. The topological polar surface area (TPSA) is 102 Å². The Kier molecular flexibility index (Phi) is 10.4. The molecule has 3 unspecified atom stereocenters. The van der Waals surface area contributed by atoms with Crippen LogP contribution in [0.1, 0.15) is 102 Å². The van der Waals surface area contributed by atoms with Crippen LogP contribution in [-0.2, 0) is 10.2 Å². The van der Waals surface area contributed by atoms with Gasteiger partial charge < -0.3 is 20.7 Å². The maximum atomic E-state index is 10.8. The summed E-state index contributed by atoms with van der Waals surface area (Å²) in [5.74, 6) is -0.405. The number of aliphatic hydroxyl groups is 2. The Bertz CT molecular complexity index is 715. The highest BCUT2D eigenvalue weighted by molar-refractivity contribution is 5.66. The van der Waals surface area contributed by atoms with E-state index in [1.165, 1.54) is 6.21 Å². The van der Waals surface area contributed by atoms with Gasteiger partial charge in [0.25, 0.3) is 0 Å². The molecular weight excluding hydrogens is 402 g/mol. The van der Waals surface area contributed by atoms with E-state index in [-0.39, 0.29) is 35.7 Å². The second-order valence-electron chi connectivity index (χ2n) is 10.2. The van der Waals surface area contributed by atoms with Gasteiger partial charge in [-0.3, -0.25) is 4.79 Å². The quantitative estimate of drug-likeness (QED) is 0.219. The van der Waals surface area contributed by atoms with Crippen molar-refractivity contribution in [1.82, 2.24) is 0 Å². The summed E-state index contributed by atoms with van der Waals surface area (Å²) in [5, 5.41) is 38.1. The number of aliphatic carboxylic acids is 1. The predicted octanol–water partition coefficient (Wildman–Crippen LogP) is 5.67. The van der Waals surface area contributed by atoms with Crippen LogP contribution in [-0.4, -0.2) is 39.7 Å². The molecule has 1 fully saturated rings. The number of carbonyl (C=O) groups is 1. The number of rotatable bonds is 14. The molecule has 1 aliphatic rings. The van der Waals surface area contributed by atoms with Crippen LogP contribution in [0.4, 0.5) is 0 Å². The number of hydrogen-bond acceptors (Lipinski definition) is 4. The fourth-order valence-corrected chi connectivity index (χ4v) is 5.30. The normalized spacial score (nSPS) is 24.4. The summed E-state index contributed by atoms with van der Waals surface area (Å²) in [6.45, 7) is 6.31. The van der Waals surface area contributed by atoms with Crippen molar-refractivity contribution in [2.45, 2.75) is 109 Å². The number of benzene rings is 1. The zero-order valence-corrected chi connectivity index (χ0v) is 20.1. The predicted molar refractivity (Wildman–Crippen MR) is 129 cm³/mol. The average Bonchev–Trinajstić information content (AvgIpc) is 3.09. The SMILES string of the molecule is CCCCC(O)C(C)(C)c1ccc(C2C(CCCCCCC(=O)O)[C@H](C=N)C[C@H]2O)cc1. The molecule has 0 amide bonds. The van der Waals surface area contributed by atoms with Crippen molar-refractivity contribution in [3.05, 3.63) is 35.4 Å². The molecule has 5 atom stereocenters.